The predicted octanol–water partition coefficient (Wildman–Crippen LogP) is 1.12. The lowest BCUT2D eigenvalue weighted by atomic mass is 9.72. The number of rotatable bonds is 4. The van der Waals surface area contributed by atoms with Gasteiger partial charge in [-0.15, -0.1) is 0 Å². The van der Waals surface area contributed by atoms with Crippen LogP contribution in [-0.4, -0.2) is 75.3 Å². The van der Waals surface area contributed by atoms with E-state index in [1.54, 1.807) is 19.1 Å². The van der Waals surface area contributed by atoms with Gasteiger partial charge in [0.25, 0.3) is 0 Å². The van der Waals surface area contributed by atoms with Crippen LogP contribution >= 0.6 is 0 Å². The van der Waals surface area contributed by atoms with Crippen LogP contribution in [0, 0.1) is 0 Å². The highest BCUT2D eigenvalue weighted by Crippen LogP contribution is 2.49. The molecule has 0 spiro atoms. The lowest BCUT2D eigenvalue weighted by Crippen LogP contribution is -2.53. The van der Waals surface area contributed by atoms with Gasteiger partial charge >= 0.3 is 0 Å². The molecular weight excluding hydrogens is 482 g/mol. The summed E-state index contributed by atoms with van der Waals surface area (Å²) in [6.45, 7) is 3.10. The Morgan fingerprint density at radius 1 is 1.19 bits per heavy atom. The number of ketones is 2. The maximum Gasteiger partial charge on any atom is 0.201 e. The van der Waals surface area contributed by atoms with Gasteiger partial charge in [-0.1, -0.05) is 12.1 Å². The number of carbonyl (C=O) groups excluding carboxylic acids is 2. The Kier molecular flexibility index (Phi) is 6.38. The molecule has 0 saturated carbocycles. The molecule has 0 aromatic heterocycles. The largest absolute Gasteiger partial charge is 0.507 e. The number of aromatic hydroxyl groups is 1. The summed E-state index contributed by atoms with van der Waals surface area (Å²) in [5.74, 6) is -1.24. The second-order valence-corrected chi connectivity index (χ2v) is 10.2. The predicted molar refractivity (Wildman–Crippen MR) is 130 cm³/mol. The van der Waals surface area contributed by atoms with Crippen LogP contribution in [-0.2, 0) is 15.9 Å². The van der Waals surface area contributed by atoms with Crippen LogP contribution in [0.3, 0.4) is 0 Å². The lowest BCUT2D eigenvalue weighted by molar-refractivity contribution is -0.250. The van der Waals surface area contributed by atoms with Crippen molar-refractivity contribution in [1.82, 2.24) is 0 Å². The van der Waals surface area contributed by atoms with Crippen molar-refractivity contribution in [2.75, 3.05) is 7.11 Å². The Hall–Kier alpha value is -2.86. The van der Waals surface area contributed by atoms with Gasteiger partial charge in [0.15, 0.2) is 12.1 Å². The van der Waals surface area contributed by atoms with Crippen molar-refractivity contribution in [3.8, 4) is 11.5 Å². The van der Waals surface area contributed by atoms with Gasteiger partial charge in [0.1, 0.15) is 11.5 Å². The molecule has 10 heteroatoms. The SMILES string of the molecule is COc1cccc2c1C(=O)c1c(cc3c(c1O)[C@@H](O[C@H]1C[C@H](N)[C@H](O)[C@H](C)O1)C[C@](O)([C@H](C)O)C3)C2=O. The Bertz CT molecular complexity index is 1260. The van der Waals surface area contributed by atoms with Gasteiger partial charge in [-0.05, 0) is 31.5 Å². The first-order chi connectivity index (χ1) is 17.5. The van der Waals surface area contributed by atoms with E-state index < -0.39 is 59.7 Å². The number of aliphatic hydroxyl groups is 3. The van der Waals surface area contributed by atoms with E-state index in [-0.39, 0.29) is 52.8 Å². The van der Waals surface area contributed by atoms with Crippen LogP contribution in [0.1, 0.15) is 75.8 Å². The molecule has 2 aromatic carbocycles. The standard InChI is InChI=1S/C27H31NO9/c1-11-23(30)16(28)8-19(36-11)37-18-10-27(34,12(2)29)9-13-7-15-22(25(32)20(13)18)26(33)21-14(24(15)31)5-4-6-17(21)35-3/h4-7,11-12,16,18-19,23,29-30,32,34H,8-10,28H2,1-3H3/t11-,12-,16-,18-,19-,23+,27-/m0/s1. The molecule has 5 rings (SSSR count). The first-order valence-corrected chi connectivity index (χ1v) is 12.3. The zero-order valence-electron chi connectivity index (χ0n) is 20.8. The van der Waals surface area contributed by atoms with Crippen LogP contribution < -0.4 is 10.5 Å². The van der Waals surface area contributed by atoms with E-state index in [0.29, 0.717) is 5.56 Å². The number of fused-ring (bicyclic) bond motifs is 3. The highest BCUT2D eigenvalue weighted by Gasteiger charge is 2.47. The third kappa shape index (κ3) is 4.04. The Morgan fingerprint density at radius 3 is 2.57 bits per heavy atom. The van der Waals surface area contributed by atoms with Crippen molar-refractivity contribution in [2.45, 2.75) is 75.5 Å². The van der Waals surface area contributed by atoms with Crippen molar-refractivity contribution < 1.29 is 44.2 Å². The Labute approximate surface area is 213 Å². The minimum atomic E-state index is -1.64. The molecular formula is C27H31NO9. The average molecular weight is 514 g/mol. The van der Waals surface area contributed by atoms with Crippen molar-refractivity contribution in [2.24, 2.45) is 5.73 Å². The molecule has 2 aliphatic carbocycles. The molecule has 10 nitrogen and oxygen atoms in total. The fourth-order valence-corrected chi connectivity index (χ4v) is 5.66. The molecule has 2 aromatic rings. The lowest BCUT2D eigenvalue weighted by Gasteiger charge is -2.43. The Balaban J connectivity index is 1.63. The molecule has 1 saturated heterocycles. The summed E-state index contributed by atoms with van der Waals surface area (Å²) in [5, 5.41) is 43.3. The van der Waals surface area contributed by atoms with Gasteiger partial charge in [0, 0.05) is 42.0 Å². The zero-order chi connectivity index (χ0) is 26.8. The minimum absolute atomic E-state index is 0.00304. The molecule has 1 fully saturated rings. The van der Waals surface area contributed by atoms with Gasteiger partial charge in [-0.3, -0.25) is 9.59 Å². The zero-order valence-corrected chi connectivity index (χ0v) is 20.8. The molecule has 3 aliphatic rings. The second-order valence-electron chi connectivity index (χ2n) is 10.2. The van der Waals surface area contributed by atoms with Crippen LogP contribution in [0.4, 0.5) is 0 Å². The molecule has 0 bridgehead atoms. The van der Waals surface area contributed by atoms with Gasteiger partial charge < -0.3 is 40.4 Å². The van der Waals surface area contributed by atoms with Crippen molar-refractivity contribution in [1.29, 1.82) is 0 Å². The third-order valence-electron chi connectivity index (χ3n) is 7.82. The quantitative estimate of drug-likeness (QED) is 0.341. The number of ether oxygens (including phenoxy) is 3. The summed E-state index contributed by atoms with van der Waals surface area (Å²) in [6.07, 6.45) is -4.59. The molecule has 1 aliphatic heterocycles. The summed E-state index contributed by atoms with van der Waals surface area (Å²) in [6, 6.07) is 5.56. The second kappa shape index (κ2) is 9.16. The first kappa shape index (κ1) is 25.8. The maximum atomic E-state index is 13.6. The smallest absolute Gasteiger partial charge is 0.201 e. The number of methoxy groups -OCH3 is 1. The molecule has 37 heavy (non-hydrogen) atoms. The number of phenols is 1. The van der Waals surface area contributed by atoms with E-state index in [1.807, 2.05) is 0 Å². The number of hydrogen-bond acceptors (Lipinski definition) is 10. The number of nitrogens with two attached hydrogens (primary N) is 1. The highest BCUT2D eigenvalue weighted by molar-refractivity contribution is 6.30. The normalized spacial score (nSPS) is 31.8. The van der Waals surface area contributed by atoms with E-state index in [4.69, 9.17) is 19.9 Å². The van der Waals surface area contributed by atoms with Gasteiger partial charge in [-0.2, -0.15) is 0 Å². The summed E-state index contributed by atoms with van der Waals surface area (Å²) in [5.41, 5.74) is 5.08. The first-order valence-electron chi connectivity index (χ1n) is 12.3. The Morgan fingerprint density at radius 2 is 1.92 bits per heavy atom. The minimum Gasteiger partial charge on any atom is -0.507 e. The molecule has 0 unspecified atom stereocenters. The van der Waals surface area contributed by atoms with Crippen molar-refractivity contribution in [3.05, 3.63) is 57.6 Å². The monoisotopic (exact) mass is 513 g/mol. The molecule has 198 valence electrons. The van der Waals surface area contributed by atoms with E-state index in [1.165, 1.54) is 26.2 Å². The van der Waals surface area contributed by atoms with Gasteiger partial charge in [0.2, 0.25) is 5.78 Å². The van der Waals surface area contributed by atoms with Crippen molar-refractivity contribution >= 4 is 11.6 Å². The molecule has 7 atom stereocenters. The number of benzene rings is 2. The highest BCUT2D eigenvalue weighted by atomic mass is 16.7. The van der Waals surface area contributed by atoms with Gasteiger partial charge in [-0.25, -0.2) is 0 Å². The fourth-order valence-electron chi connectivity index (χ4n) is 5.66. The summed E-state index contributed by atoms with van der Waals surface area (Å²) >= 11 is 0. The van der Waals surface area contributed by atoms with Crippen molar-refractivity contribution in [3.63, 3.8) is 0 Å². The van der Waals surface area contributed by atoms with E-state index in [2.05, 4.69) is 0 Å². The number of carbonyl (C=O) groups is 2. The molecule has 6 N–H and O–H groups in total. The topological polar surface area (TPSA) is 169 Å². The van der Waals surface area contributed by atoms with Gasteiger partial charge in [0.05, 0.1) is 48.3 Å². The summed E-state index contributed by atoms with van der Waals surface area (Å²) in [4.78, 5) is 27.0. The van der Waals surface area contributed by atoms with Crippen LogP contribution in [0.2, 0.25) is 0 Å². The maximum absolute atomic E-state index is 13.6. The number of hydrogen-bond donors (Lipinski definition) is 5. The van der Waals surface area contributed by atoms with E-state index in [9.17, 15) is 30.0 Å². The third-order valence-corrected chi connectivity index (χ3v) is 7.82. The average Bonchev–Trinajstić information content (AvgIpc) is 2.84. The number of phenolic OH excluding ortho intramolecular Hbond substituents is 1. The van der Waals surface area contributed by atoms with Crippen LogP contribution in [0.15, 0.2) is 24.3 Å². The molecule has 1 heterocycles. The van der Waals surface area contributed by atoms with E-state index in [0.717, 1.165) is 0 Å². The van der Waals surface area contributed by atoms with E-state index >= 15 is 0 Å². The summed E-state index contributed by atoms with van der Waals surface area (Å²) in [7, 11) is 1.39. The molecule has 0 amide bonds. The molecule has 0 radical (unpaired) electrons. The summed E-state index contributed by atoms with van der Waals surface area (Å²) < 4.78 is 17.3. The van der Waals surface area contributed by atoms with Crippen LogP contribution in [0.5, 0.6) is 11.5 Å². The number of aliphatic hydroxyl groups excluding tert-OH is 2. The fraction of sp³-hybridized carbons (Fsp3) is 0.481. The van der Waals surface area contributed by atoms with Crippen LogP contribution in [0.25, 0.3) is 0 Å².